The molecule has 8 rings (SSSR count). The first kappa shape index (κ1) is 66.9. The number of aromatic nitrogens is 4. The molecule has 4 aromatic carbocycles. The normalized spacial score (nSPS) is 14.4. The molecule has 2 aromatic heterocycles. The Morgan fingerprint density at radius 1 is 0.453 bits per heavy atom. The number of rotatable bonds is 16. The van der Waals surface area contributed by atoms with Crippen LogP contribution < -0.4 is 20.2 Å². The summed E-state index contributed by atoms with van der Waals surface area (Å²) in [5.41, 5.74) is -0.886. The number of allylic oxidation sites excluding steroid dienone is 8. The van der Waals surface area contributed by atoms with Crippen molar-refractivity contribution in [3.8, 4) is 23.1 Å². The van der Waals surface area contributed by atoms with E-state index in [4.69, 9.17) is 149 Å². The van der Waals surface area contributed by atoms with E-state index in [-0.39, 0.29) is 141 Å². The Balaban J connectivity index is 0.000000246. The van der Waals surface area contributed by atoms with Crippen molar-refractivity contribution in [2.24, 2.45) is 10.2 Å². The molecule has 18 nitrogen and oxygen atoms in total. The second kappa shape index (κ2) is 28.9. The smallest absolute Gasteiger partial charge is 0.359 e. The standard InChI is InChI=1S/2C28H18Cl6N4O5/c2*1-3-43-28(42)23-17(27(41)38(36-23)25-20(33)11-15(30)12-21(25)34)8-6-4-5-7-16-22(13(2)39)35-37(26(16)40)24-18(31)9-14(29)10-19(24)32/h2*4-12,41H,3H2,1-2H3/p-2/b2*5-4+,8-6+,16-7?. The van der Waals surface area contributed by atoms with E-state index in [1.165, 1.54) is 123 Å². The molecule has 2 aliphatic rings. The summed E-state index contributed by atoms with van der Waals surface area (Å²) < 4.78 is 11.9. The van der Waals surface area contributed by atoms with Crippen LogP contribution in [0.3, 0.4) is 0 Å². The third-order valence-corrected chi connectivity index (χ3v) is 14.6. The fourth-order valence-electron chi connectivity index (χ4n) is 7.77. The van der Waals surface area contributed by atoms with Gasteiger partial charge in [-0.1, -0.05) is 188 Å². The topological polar surface area (TPSA) is 234 Å². The number of ketones is 2. The summed E-state index contributed by atoms with van der Waals surface area (Å²) in [7, 11) is 0. The van der Waals surface area contributed by atoms with E-state index in [1.54, 1.807) is 13.8 Å². The number of nitrogens with zero attached hydrogens (tertiary/aromatic N) is 8. The van der Waals surface area contributed by atoms with E-state index in [0.29, 0.717) is 0 Å². The number of ether oxygens (including phenoxy) is 2. The van der Waals surface area contributed by atoms with Gasteiger partial charge in [0.05, 0.1) is 64.5 Å². The lowest BCUT2D eigenvalue weighted by Crippen LogP contribution is -2.22. The SMILES string of the molecule is CCOC(=O)c1nn(-c2c(Cl)cc(Cl)cc2Cl)c([O-])c1/C=C/C=C/C=C1C(=O)N(c2c(Cl)cc(Cl)cc2Cl)N=C1C(C)=O.CCOC(=O)c1nn(-c2c(Cl)cc(Cl)cc2Cl)c([O-])c1/C=C/C=C/C=C1C(=O)N(c2c(Cl)cc(Cl)cc2Cl)N=C1C(C)=O. The molecule has 0 atom stereocenters. The molecule has 0 spiro atoms. The molecule has 2 aliphatic heterocycles. The predicted octanol–water partition coefficient (Wildman–Crippen LogP) is 15.1. The second-order valence-electron chi connectivity index (χ2n) is 17.2. The summed E-state index contributed by atoms with van der Waals surface area (Å²) in [6.45, 7) is 5.78. The quantitative estimate of drug-likeness (QED) is 0.0500. The van der Waals surface area contributed by atoms with Gasteiger partial charge in [-0.2, -0.15) is 30.4 Å². The zero-order valence-electron chi connectivity index (χ0n) is 44.0. The highest BCUT2D eigenvalue weighted by Gasteiger charge is 2.37. The van der Waals surface area contributed by atoms with Gasteiger partial charge < -0.3 is 19.7 Å². The third-order valence-electron chi connectivity index (χ3n) is 11.4. The molecule has 4 heterocycles. The summed E-state index contributed by atoms with van der Waals surface area (Å²) >= 11 is 73.9. The molecule has 0 radical (unpaired) electrons. The van der Waals surface area contributed by atoms with Crippen molar-refractivity contribution < 1.29 is 48.5 Å². The first-order chi connectivity index (χ1) is 40.7. The Hall–Kier alpha value is -6.62. The largest absolute Gasteiger partial charge is 0.858 e. The Labute approximate surface area is 548 Å². The van der Waals surface area contributed by atoms with Crippen molar-refractivity contribution in [3.63, 3.8) is 0 Å². The number of anilines is 2. The minimum absolute atomic E-state index is 0.0317. The zero-order valence-corrected chi connectivity index (χ0v) is 53.1. The molecule has 2 amide bonds. The maximum atomic E-state index is 13.3. The molecular formula is C56H34Cl12N8O10-2. The molecule has 0 saturated heterocycles. The van der Waals surface area contributed by atoms with Crippen LogP contribution in [-0.2, 0) is 28.7 Å². The number of carbonyl (C=O) groups is 6. The molecule has 0 aliphatic carbocycles. The van der Waals surface area contributed by atoms with Gasteiger partial charge in [-0.15, -0.1) is 0 Å². The van der Waals surface area contributed by atoms with Crippen LogP contribution in [-0.4, -0.2) is 79.5 Å². The minimum atomic E-state index is -0.844. The Kier molecular flexibility index (Phi) is 22.5. The molecule has 6 aromatic rings. The maximum Gasteiger partial charge on any atom is 0.359 e. The summed E-state index contributed by atoms with van der Waals surface area (Å²) in [5, 5.41) is 46.2. The summed E-state index contributed by atoms with van der Waals surface area (Å²) in [4.78, 5) is 76.1. The number of carbonyl (C=O) groups excluding carboxylic acids is 6. The first-order valence-electron chi connectivity index (χ1n) is 24.2. The number of amides is 2. The lowest BCUT2D eigenvalue weighted by Gasteiger charge is -2.15. The highest BCUT2D eigenvalue weighted by molar-refractivity contribution is 6.56. The number of halogens is 12. The summed E-state index contributed by atoms with van der Waals surface area (Å²) in [6, 6.07) is 11.1. The van der Waals surface area contributed by atoms with E-state index in [1.807, 2.05) is 0 Å². The minimum Gasteiger partial charge on any atom is -0.858 e. The van der Waals surface area contributed by atoms with Gasteiger partial charge in [0.15, 0.2) is 23.0 Å². The molecule has 0 unspecified atom stereocenters. The highest BCUT2D eigenvalue weighted by Crippen LogP contribution is 2.42. The maximum absolute atomic E-state index is 13.3. The lowest BCUT2D eigenvalue weighted by molar-refractivity contribution is -0.278. The van der Waals surface area contributed by atoms with Gasteiger partial charge in [0.2, 0.25) is 0 Å². The van der Waals surface area contributed by atoms with Crippen molar-refractivity contribution in [2.45, 2.75) is 27.7 Å². The average Bonchev–Trinajstić information content (AvgIpc) is 2.67. The Morgan fingerprint density at radius 2 is 0.733 bits per heavy atom. The molecular weight excluding hydrogens is 1370 g/mol. The molecule has 0 N–H and O–H groups in total. The zero-order chi connectivity index (χ0) is 63.2. The van der Waals surface area contributed by atoms with Crippen LogP contribution in [0.5, 0.6) is 11.8 Å². The van der Waals surface area contributed by atoms with Gasteiger partial charge in [-0.05, 0) is 86.3 Å². The first-order valence-corrected chi connectivity index (χ1v) is 28.8. The third kappa shape index (κ3) is 14.7. The molecule has 30 heteroatoms. The number of esters is 2. The Morgan fingerprint density at radius 3 is 1.00 bits per heavy atom. The van der Waals surface area contributed by atoms with E-state index in [9.17, 15) is 39.0 Å². The molecule has 86 heavy (non-hydrogen) atoms. The van der Waals surface area contributed by atoms with Crippen molar-refractivity contribution in [2.75, 3.05) is 23.2 Å². The van der Waals surface area contributed by atoms with Crippen LogP contribution in [0, 0.1) is 0 Å². The van der Waals surface area contributed by atoms with Gasteiger partial charge in [0, 0.05) is 45.1 Å². The fraction of sp³-hybridized carbons (Fsp3) is 0.107. The molecule has 0 saturated carbocycles. The van der Waals surface area contributed by atoms with Crippen molar-refractivity contribution in [3.05, 3.63) is 191 Å². The fourth-order valence-corrected chi connectivity index (χ4v) is 11.7. The van der Waals surface area contributed by atoms with Gasteiger partial charge in [-0.25, -0.2) is 19.0 Å². The number of hydrogen-bond donors (Lipinski definition) is 0. The number of hydrazone groups is 2. The molecule has 0 fully saturated rings. The van der Waals surface area contributed by atoms with Crippen LogP contribution in [0.2, 0.25) is 60.3 Å². The van der Waals surface area contributed by atoms with E-state index < -0.39 is 47.1 Å². The van der Waals surface area contributed by atoms with Crippen molar-refractivity contribution in [1.29, 1.82) is 0 Å². The van der Waals surface area contributed by atoms with Gasteiger partial charge in [0.1, 0.15) is 34.2 Å². The summed E-state index contributed by atoms with van der Waals surface area (Å²) in [5.74, 6) is -5.37. The highest BCUT2D eigenvalue weighted by atomic mass is 35.5. The van der Waals surface area contributed by atoms with Crippen molar-refractivity contribution >= 4 is 209 Å². The van der Waals surface area contributed by atoms with Gasteiger partial charge in [-0.3, -0.25) is 19.2 Å². The predicted molar refractivity (Wildman–Crippen MR) is 335 cm³/mol. The Bertz CT molecular complexity index is 3750. The van der Waals surface area contributed by atoms with E-state index >= 15 is 0 Å². The van der Waals surface area contributed by atoms with Gasteiger partial charge >= 0.3 is 11.9 Å². The van der Waals surface area contributed by atoms with Crippen LogP contribution in [0.15, 0.2) is 118 Å². The van der Waals surface area contributed by atoms with Crippen LogP contribution in [0.4, 0.5) is 11.4 Å². The van der Waals surface area contributed by atoms with Crippen LogP contribution in [0.1, 0.15) is 59.8 Å². The van der Waals surface area contributed by atoms with E-state index in [2.05, 4.69) is 20.4 Å². The lowest BCUT2D eigenvalue weighted by atomic mass is 10.1. The number of benzene rings is 4. The van der Waals surface area contributed by atoms with Gasteiger partial charge in [0.25, 0.3) is 11.8 Å². The molecule has 0 bridgehead atoms. The molecule has 444 valence electrons. The average molecular weight is 1400 g/mol. The second-order valence-corrected chi connectivity index (χ2v) is 22.2. The summed E-state index contributed by atoms with van der Waals surface area (Å²) in [6.07, 6.45) is 14.0. The van der Waals surface area contributed by atoms with E-state index in [0.717, 1.165) is 19.4 Å². The monoisotopic (exact) mass is 1400 g/mol. The van der Waals surface area contributed by atoms with Crippen LogP contribution in [0.25, 0.3) is 23.5 Å². The number of Topliss-reactive ketones (excluding diaryl/α,β-unsaturated/α-hetero) is 2. The van der Waals surface area contributed by atoms with Crippen LogP contribution >= 0.6 is 139 Å². The van der Waals surface area contributed by atoms with Crippen molar-refractivity contribution in [1.82, 2.24) is 19.6 Å². The number of hydrogen-bond acceptors (Lipinski definition) is 14.